The van der Waals surface area contributed by atoms with Gasteiger partial charge in [-0.25, -0.2) is 0 Å². The van der Waals surface area contributed by atoms with Gasteiger partial charge >= 0.3 is 0 Å². The van der Waals surface area contributed by atoms with Gasteiger partial charge in [-0.2, -0.15) is 0 Å². The fourth-order valence-electron chi connectivity index (χ4n) is 2.24. The third kappa shape index (κ3) is 1.98. The Balaban J connectivity index is 2.44. The molecule has 1 aromatic carbocycles. The average Bonchev–Trinajstić information content (AvgIpc) is 2.69. The summed E-state index contributed by atoms with van der Waals surface area (Å²) in [6.45, 7) is 2.43. The Morgan fingerprint density at radius 1 is 1.35 bits per heavy atom. The first-order valence-electron chi connectivity index (χ1n) is 5.68. The molecule has 1 aromatic rings. The molecule has 94 valence electrons. The van der Waals surface area contributed by atoms with Crippen LogP contribution in [0.2, 0.25) is 0 Å². The van der Waals surface area contributed by atoms with E-state index in [0.29, 0.717) is 24.5 Å². The third-order valence-corrected chi connectivity index (χ3v) is 3.40. The molecule has 17 heavy (non-hydrogen) atoms. The summed E-state index contributed by atoms with van der Waals surface area (Å²) >= 11 is 0. The number of ether oxygens (including phenoxy) is 3. The van der Waals surface area contributed by atoms with E-state index in [0.717, 1.165) is 5.56 Å². The number of benzene rings is 1. The van der Waals surface area contributed by atoms with Gasteiger partial charge in [-0.3, -0.25) is 0 Å². The highest BCUT2D eigenvalue weighted by Crippen LogP contribution is 2.41. The molecule has 2 atom stereocenters. The molecular formula is C13H18O4. The molecule has 0 aromatic heterocycles. The van der Waals surface area contributed by atoms with Gasteiger partial charge in [0.1, 0.15) is 17.1 Å². The molecule has 0 amide bonds. The molecule has 1 saturated heterocycles. The van der Waals surface area contributed by atoms with Crippen LogP contribution in [0.15, 0.2) is 18.2 Å². The van der Waals surface area contributed by atoms with Crippen LogP contribution in [0.5, 0.6) is 11.5 Å². The molecule has 1 aliphatic heterocycles. The van der Waals surface area contributed by atoms with Crippen LogP contribution in [0, 0.1) is 0 Å². The molecule has 2 rings (SSSR count). The molecule has 0 radical (unpaired) electrons. The average molecular weight is 238 g/mol. The smallest absolute Gasteiger partial charge is 0.128 e. The summed E-state index contributed by atoms with van der Waals surface area (Å²) < 4.78 is 15.9. The van der Waals surface area contributed by atoms with Crippen LogP contribution in [-0.4, -0.2) is 32.0 Å². The van der Waals surface area contributed by atoms with Crippen LogP contribution in [-0.2, 0) is 10.3 Å². The van der Waals surface area contributed by atoms with Crippen LogP contribution in [0.4, 0.5) is 0 Å². The van der Waals surface area contributed by atoms with E-state index in [2.05, 4.69) is 0 Å². The van der Waals surface area contributed by atoms with E-state index < -0.39 is 5.60 Å². The summed E-state index contributed by atoms with van der Waals surface area (Å²) in [5, 5.41) is 10.7. The van der Waals surface area contributed by atoms with Crippen molar-refractivity contribution in [2.45, 2.75) is 25.0 Å². The summed E-state index contributed by atoms with van der Waals surface area (Å²) in [4.78, 5) is 0. The molecule has 0 bridgehead atoms. The lowest BCUT2D eigenvalue weighted by Gasteiger charge is -2.28. The van der Waals surface area contributed by atoms with Gasteiger partial charge in [0.15, 0.2) is 0 Å². The van der Waals surface area contributed by atoms with Gasteiger partial charge in [0, 0.05) is 18.1 Å². The lowest BCUT2D eigenvalue weighted by atomic mass is 9.87. The van der Waals surface area contributed by atoms with Gasteiger partial charge < -0.3 is 19.3 Å². The second-order valence-electron chi connectivity index (χ2n) is 4.25. The fraction of sp³-hybridized carbons (Fsp3) is 0.538. The van der Waals surface area contributed by atoms with Crippen LogP contribution in [0.25, 0.3) is 0 Å². The normalized spacial score (nSPS) is 28.1. The molecular weight excluding hydrogens is 220 g/mol. The Morgan fingerprint density at radius 2 is 2.12 bits per heavy atom. The maximum atomic E-state index is 10.7. The third-order valence-electron chi connectivity index (χ3n) is 3.40. The highest BCUT2D eigenvalue weighted by Gasteiger charge is 2.43. The Labute approximate surface area is 101 Å². The number of rotatable bonds is 3. The lowest BCUT2D eigenvalue weighted by Crippen LogP contribution is -2.33. The molecule has 2 unspecified atom stereocenters. The van der Waals surface area contributed by atoms with E-state index in [1.807, 2.05) is 19.1 Å². The van der Waals surface area contributed by atoms with Crippen molar-refractivity contribution in [3.05, 3.63) is 23.8 Å². The SMILES string of the molecule is COc1ccc(C2(O)CCOC2C)c(OC)c1. The van der Waals surface area contributed by atoms with Gasteiger partial charge in [0.05, 0.1) is 26.9 Å². The monoisotopic (exact) mass is 238 g/mol. The van der Waals surface area contributed by atoms with Gasteiger partial charge in [-0.1, -0.05) is 0 Å². The van der Waals surface area contributed by atoms with Crippen LogP contribution >= 0.6 is 0 Å². The van der Waals surface area contributed by atoms with Crippen molar-refractivity contribution in [2.75, 3.05) is 20.8 Å². The van der Waals surface area contributed by atoms with E-state index in [-0.39, 0.29) is 6.10 Å². The predicted molar refractivity (Wildman–Crippen MR) is 63.5 cm³/mol. The highest BCUT2D eigenvalue weighted by atomic mass is 16.5. The first kappa shape index (κ1) is 12.2. The van der Waals surface area contributed by atoms with Gasteiger partial charge in [-0.05, 0) is 19.1 Å². The zero-order chi connectivity index (χ0) is 12.5. The predicted octanol–water partition coefficient (Wildman–Crippen LogP) is 1.70. The Bertz CT molecular complexity index is 404. The second kappa shape index (κ2) is 4.55. The first-order chi connectivity index (χ1) is 8.11. The van der Waals surface area contributed by atoms with Crippen molar-refractivity contribution in [2.24, 2.45) is 0 Å². The molecule has 0 saturated carbocycles. The number of hydrogen-bond acceptors (Lipinski definition) is 4. The van der Waals surface area contributed by atoms with Crippen molar-refractivity contribution in [3.63, 3.8) is 0 Å². The van der Waals surface area contributed by atoms with Crippen molar-refractivity contribution < 1.29 is 19.3 Å². The van der Waals surface area contributed by atoms with Crippen molar-refractivity contribution in [3.8, 4) is 11.5 Å². The molecule has 1 heterocycles. The highest BCUT2D eigenvalue weighted by molar-refractivity contribution is 5.44. The lowest BCUT2D eigenvalue weighted by molar-refractivity contribution is -0.0330. The quantitative estimate of drug-likeness (QED) is 0.870. The molecule has 1 aliphatic rings. The van der Waals surface area contributed by atoms with Crippen molar-refractivity contribution >= 4 is 0 Å². The van der Waals surface area contributed by atoms with Gasteiger partial charge in [0.25, 0.3) is 0 Å². The maximum Gasteiger partial charge on any atom is 0.128 e. The van der Waals surface area contributed by atoms with E-state index in [1.165, 1.54) is 0 Å². The van der Waals surface area contributed by atoms with E-state index in [4.69, 9.17) is 14.2 Å². The maximum absolute atomic E-state index is 10.7. The number of aliphatic hydroxyl groups is 1. The topological polar surface area (TPSA) is 47.9 Å². The molecule has 4 nitrogen and oxygen atoms in total. The van der Waals surface area contributed by atoms with Gasteiger partial charge in [0.2, 0.25) is 0 Å². The number of methoxy groups -OCH3 is 2. The summed E-state index contributed by atoms with van der Waals surface area (Å²) in [6.07, 6.45) is 0.349. The summed E-state index contributed by atoms with van der Waals surface area (Å²) in [7, 11) is 3.19. The molecule has 0 spiro atoms. The fourth-order valence-corrected chi connectivity index (χ4v) is 2.24. The summed E-state index contributed by atoms with van der Waals surface area (Å²) in [5.41, 5.74) is -0.219. The minimum absolute atomic E-state index is 0.232. The minimum atomic E-state index is -0.975. The zero-order valence-corrected chi connectivity index (χ0v) is 10.4. The van der Waals surface area contributed by atoms with E-state index in [1.54, 1.807) is 20.3 Å². The molecule has 0 aliphatic carbocycles. The summed E-state index contributed by atoms with van der Waals surface area (Å²) in [6, 6.07) is 5.43. The Hall–Kier alpha value is -1.26. The minimum Gasteiger partial charge on any atom is -0.497 e. The molecule has 1 N–H and O–H groups in total. The first-order valence-corrected chi connectivity index (χ1v) is 5.68. The molecule has 1 fully saturated rings. The Morgan fingerprint density at radius 3 is 2.65 bits per heavy atom. The Kier molecular flexibility index (Phi) is 3.26. The summed E-state index contributed by atoms with van der Waals surface area (Å²) in [5.74, 6) is 1.34. The van der Waals surface area contributed by atoms with Crippen molar-refractivity contribution in [1.82, 2.24) is 0 Å². The van der Waals surface area contributed by atoms with E-state index >= 15 is 0 Å². The largest absolute Gasteiger partial charge is 0.497 e. The van der Waals surface area contributed by atoms with Crippen molar-refractivity contribution in [1.29, 1.82) is 0 Å². The van der Waals surface area contributed by atoms with Gasteiger partial charge in [-0.15, -0.1) is 0 Å². The van der Waals surface area contributed by atoms with Crippen LogP contribution in [0.3, 0.4) is 0 Å². The van der Waals surface area contributed by atoms with Crippen LogP contribution in [0.1, 0.15) is 18.9 Å². The molecule has 4 heteroatoms. The zero-order valence-electron chi connectivity index (χ0n) is 10.4. The second-order valence-corrected chi connectivity index (χ2v) is 4.25. The number of hydrogen-bond donors (Lipinski definition) is 1. The standard InChI is InChI=1S/C13H18O4/c1-9-13(14,6-7-17-9)11-5-4-10(15-2)8-12(11)16-3/h4-5,8-9,14H,6-7H2,1-3H3. The van der Waals surface area contributed by atoms with Crippen LogP contribution < -0.4 is 9.47 Å². The van der Waals surface area contributed by atoms with E-state index in [9.17, 15) is 5.11 Å².